The zero-order chi connectivity index (χ0) is 19.5. The third-order valence-electron chi connectivity index (χ3n) is 4.40. The number of nitrogens with one attached hydrogen (secondary N) is 2. The van der Waals surface area contributed by atoms with E-state index in [-0.39, 0.29) is 12.1 Å². The molecule has 0 bridgehead atoms. The van der Waals surface area contributed by atoms with Gasteiger partial charge in [0, 0.05) is 29.6 Å². The minimum Gasteiger partial charge on any atom is -0.467 e. The molecular weight excluding hydrogens is 378 g/mol. The summed E-state index contributed by atoms with van der Waals surface area (Å²) in [6, 6.07) is 12.2. The Labute approximate surface area is 164 Å². The van der Waals surface area contributed by atoms with Gasteiger partial charge in [-0.2, -0.15) is 0 Å². The van der Waals surface area contributed by atoms with Gasteiger partial charge in [0.1, 0.15) is 6.04 Å². The van der Waals surface area contributed by atoms with Crippen molar-refractivity contribution in [2.24, 2.45) is 0 Å². The number of esters is 1. The number of carbonyl (C=O) groups excluding carboxylic acids is 2. The summed E-state index contributed by atoms with van der Waals surface area (Å²) in [5, 5.41) is 9.42. The van der Waals surface area contributed by atoms with Gasteiger partial charge < -0.3 is 19.6 Å². The van der Waals surface area contributed by atoms with E-state index in [0.717, 1.165) is 21.3 Å². The van der Waals surface area contributed by atoms with E-state index in [1.165, 1.54) is 18.4 Å². The minimum atomic E-state index is -0.849. The normalized spacial score (nSPS) is 12.0. The zero-order valence-corrected chi connectivity index (χ0v) is 15.8. The number of methoxy groups -OCH3 is 1. The van der Waals surface area contributed by atoms with Crippen LogP contribution in [0.25, 0.3) is 21.5 Å². The van der Waals surface area contributed by atoms with Gasteiger partial charge in [-0.15, -0.1) is 11.3 Å². The Kier molecular flexibility index (Phi) is 4.94. The van der Waals surface area contributed by atoms with Crippen molar-refractivity contribution in [1.29, 1.82) is 0 Å². The Hall–Kier alpha value is -3.39. The Morgan fingerprint density at radius 1 is 1.29 bits per heavy atom. The molecule has 4 aromatic rings. The number of rotatable bonds is 6. The molecule has 0 aliphatic rings. The van der Waals surface area contributed by atoms with Crippen LogP contribution in [-0.4, -0.2) is 35.2 Å². The summed E-state index contributed by atoms with van der Waals surface area (Å²) >= 11 is 1.48. The van der Waals surface area contributed by atoms with Crippen molar-refractivity contribution in [3.8, 4) is 10.6 Å². The summed E-state index contributed by atoms with van der Waals surface area (Å²) < 4.78 is 10.1. The highest BCUT2D eigenvalue weighted by Gasteiger charge is 2.25. The molecule has 142 valence electrons. The van der Waals surface area contributed by atoms with Crippen LogP contribution in [0.2, 0.25) is 0 Å². The number of thiophene rings is 1. The second-order valence-electron chi connectivity index (χ2n) is 6.17. The number of fused-ring (bicyclic) bond motifs is 1. The van der Waals surface area contributed by atoms with Crippen LogP contribution in [0.15, 0.2) is 58.6 Å². The third kappa shape index (κ3) is 3.54. The summed E-state index contributed by atoms with van der Waals surface area (Å²) in [5.74, 6) is -0.520. The number of amides is 1. The average Bonchev–Trinajstić information content (AvgIpc) is 3.46. The molecule has 4 rings (SSSR count). The molecule has 8 heteroatoms. The number of carbonyl (C=O) groups is 2. The molecule has 0 saturated carbocycles. The molecule has 0 spiro atoms. The highest BCUT2D eigenvalue weighted by Crippen LogP contribution is 2.25. The van der Waals surface area contributed by atoms with E-state index in [4.69, 9.17) is 9.26 Å². The quantitative estimate of drug-likeness (QED) is 0.488. The third-order valence-corrected chi connectivity index (χ3v) is 5.28. The predicted octanol–water partition coefficient (Wildman–Crippen LogP) is 3.40. The Bertz CT molecular complexity index is 1110. The molecule has 7 nitrogen and oxygen atoms in total. The molecule has 1 aromatic carbocycles. The molecule has 28 heavy (non-hydrogen) atoms. The van der Waals surface area contributed by atoms with Gasteiger partial charge in [-0.05, 0) is 23.1 Å². The zero-order valence-electron chi connectivity index (χ0n) is 15.0. The number of aromatic nitrogens is 2. The van der Waals surface area contributed by atoms with Crippen molar-refractivity contribution in [3.05, 3.63) is 65.3 Å². The number of nitrogens with zero attached hydrogens (tertiary/aromatic N) is 1. The number of benzene rings is 1. The average molecular weight is 395 g/mol. The van der Waals surface area contributed by atoms with Crippen LogP contribution < -0.4 is 5.32 Å². The van der Waals surface area contributed by atoms with Crippen LogP contribution in [0, 0.1) is 0 Å². The summed E-state index contributed by atoms with van der Waals surface area (Å²) in [4.78, 5) is 28.9. The van der Waals surface area contributed by atoms with Crippen molar-refractivity contribution in [2.75, 3.05) is 7.11 Å². The van der Waals surface area contributed by atoms with Crippen molar-refractivity contribution < 1.29 is 18.8 Å². The van der Waals surface area contributed by atoms with E-state index in [0.29, 0.717) is 5.76 Å². The van der Waals surface area contributed by atoms with E-state index in [1.54, 1.807) is 6.07 Å². The van der Waals surface area contributed by atoms with Gasteiger partial charge in [0.15, 0.2) is 11.5 Å². The van der Waals surface area contributed by atoms with Crippen molar-refractivity contribution >= 4 is 34.1 Å². The molecule has 0 aliphatic carbocycles. The monoisotopic (exact) mass is 395 g/mol. The molecule has 0 unspecified atom stereocenters. The molecule has 1 amide bonds. The largest absolute Gasteiger partial charge is 0.467 e. The minimum absolute atomic E-state index is 0.108. The molecule has 0 saturated heterocycles. The van der Waals surface area contributed by atoms with E-state index < -0.39 is 17.9 Å². The van der Waals surface area contributed by atoms with Crippen molar-refractivity contribution in [2.45, 2.75) is 12.5 Å². The van der Waals surface area contributed by atoms with Gasteiger partial charge >= 0.3 is 5.97 Å². The van der Waals surface area contributed by atoms with Gasteiger partial charge in [0.2, 0.25) is 0 Å². The molecule has 2 N–H and O–H groups in total. The fraction of sp³-hybridized carbons (Fsp3) is 0.150. The van der Waals surface area contributed by atoms with E-state index in [9.17, 15) is 9.59 Å². The molecule has 1 atom stereocenters. The number of hydrogen-bond acceptors (Lipinski definition) is 6. The fourth-order valence-electron chi connectivity index (χ4n) is 3.01. The lowest BCUT2D eigenvalue weighted by Gasteiger charge is -2.15. The second kappa shape index (κ2) is 7.69. The number of hydrogen-bond donors (Lipinski definition) is 2. The first-order chi connectivity index (χ1) is 13.7. The van der Waals surface area contributed by atoms with E-state index in [2.05, 4.69) is 15.5 Å². The summed E-state index contributed by atoms with van der Waals surface area (Å²) in [5.41, 5.74) is 1.98. The molecule has 0 aliphatic heterocycles. The van der Waals surface area contributed by atoms with Crippen LogP contribution in [0.1, 0.15) is 16.1 Å². The van der Waals surface area contributed by atoms with Crippen LogP contribution in [0.4, 0.5) is 0 Å². The number of aromatic amines is 1. The summed E-state index contributed by atoms with van der Waals surface area (Å²) in [6.07, 6.45) is 2.12. The first-order valence-electron chi connectivity index (χ1n) is 8.60. The Morgan fingerprint density at radius 2 is 2.14 bits per heavy atom. The van der Waals surface area contributed by atoms with Gasteiger partial charge in [0.05, 0.1) is 12.0 Å². The fourth-order valence-corrected chi connectivity index (χ4v) is 3.68. The topological polar surface area (TPSA) is 97.2 Å². The Balaban J connectivity index is 1.53. The SMILES string of the molecule is COC(=O)[C@@H](Cc1c[nH]c2ccccc12)NC(=O)c1cc(-c2cccs2)on1. The Morgan fingerprint density at radius 3 is 2.93 bits per heavy atom. The van der Waals surface area contributed by atoms with E-state index in [1.807, 2.05) is 48.0 Å². The standard InChI is InChI=1S/C20H17N3O4S/c1-26-20(25)16(9-12-11-21-14-6-3-2-5-13(12)14)22-19(24)15-10-17(27-23-15)18-7-4-8-28-18/h2-8,10-11,16,21H,9H2,1H3,(H,22,24)/t16-/m1/s1. The lowest BCUT2D eigenvalue weighted by atomic mass is 10.0. The van der Waals surface area contributed by atoms with E-state index >= 15 is 0 Å². The summed E-state index contributed by atoms with van der Waals surface area (Å²) in [6.45, 7) is 0. The number of ether oxygens (including phenoxy) is 1. The highest BCUT2D eigenvalue weighted by molar-refractivity contribution is 7.13. The van der Waals surface area contributed by atoms with Crippen LogP contribution in [0.3, 0.4) is 0 Å². The molecule has 0 fully saturated rings. The van der Waals surface area contributed by atoms with Crippen LogP contribution in [0.5, 0.6) is 0 Å². The first kappa shape index (κ1) is 18.0. The number of para-hydroxylation sites is 1. The second-order valence-corrected chi connectivity index (χ2v) is 7.11. The maximum atomic E-state index is 12.6. The van der Waals surface area contributed by atoms with Gasteiger partial charge in [0.25, 0.3) is 5.91 Å². The van der Waals surface area contributed by atoms with Gasteiger partial charge in [-0.3, -0.25) is 4.79 Å². The number of H-pyrrole nitrogens is 1. The maximum absolute atomic E-state index is 12.6. The molecule has 0 radical (unpaired) electrons. The van der Waals surface area contributed by atoms with Gasteiger partial charge in [-0.25, -0.2) is 4.79 Å². The van der Waals surface area contributed by atoms with Crippen molar-refractivity contribution in [3.63, 3.8) is 0 Å². The lowest BCUT2D eigenvalue weighted by Crippen LogP contribution is -2.43. The van der Waals surface area contributed by atoms with Crippen LogP contribution >= 0.6 is 11.3 Å². The predicted molar refractivity (Wildman–Crippen MR) is 105 cm³/mol. The first-order valence-corrected chi connectivity index (χ1v) is 9.48. The molecule has 3 heterocycles. The molecular formula is C20H17N3O4S. The molecule has 3 aromatic heterocycles. The lowest BCUT2D eigenvalue weighted by molar-refractivity contribution is -0.142. The highest BCUT2D eigenvalue weighted by atomic mass is 32.1. The summed E-state index contributed by atoms with van der Waals surface area (Å²) in [7, 11) is 1.29. The van der Waals surface area contributed by atoms with Crippen molar-refractivity contribution in [1.82, 2.24) is 15.5 Å². The smallest absolute Gasteiger partial charge is 0.328 e. The van der Waals surface area contributed by atoms with Gasteiger partial charge in [-0.1, -0.05) is 29.4 Å². The van der Waals surface area contributed by atoms with Crippen LogP contribution in [-0.2, 0) is 16.0 Å². The maximum Gasteiger partial charge on any atom is 0.328 e.